The third kappa shape index (κ3) is 2.32. The van der Waals surface area contributed by atoms with Gasteiger partial charge in [-0.05, 0) is 19.1 Å². The Labute approximate surface area is 149 Å². The number of anilines is 1. The van der Waals surface area contributed by atoms with Crippen LogP contribution in [0.3, 0.4) is 0 Å². The molecule has 2 aliphatic rings. The van der Waals surface area contributed by atoms with E-state index >= 15 is 0 Å². The normalized spacial score (nSPS) is 14.8. The lowest BCUT2D eigenvalue weighted by molar-refractivity contribution is -0.105. The minimum Gasteiger partial charge on any atom is -0.497 e. The van der Waals surface area contributed by atoms with Crippen molar-refractivity contribution in [2.75, 3.05) is 18.7 Å². The van der Waals surface area contributed by atoms with Crippen LogP contribution in [0.1, 0.15) is 23.1 Å². The van der Waals surface area contributed by atoms with E-state index in [-0.39, 0.29) is 12.3 Å². The standard InChI is InChI=1S/C17H17N5O4/c1-3-26-17(24)16-15-7-13-11(8-23)19-20-22(13)14-6-10(25-2)4-5-12(14)21(15)9-18-16/h4-6,8-9,19-20H,3,7H2,1-2H3. The zero-order chi connectivity index (χ0) is 18.3. The molecular weight excluding hydrogens is 338 g/mol. The summed E-state index contributed by atoms with van der Waals surface area (Å²) in [5.41, 5.74) is 9.34. The van der Waals surface area contributed by atoms with Gasteiger partial charge in [-0.3, -0.25) is 19.8 Å². The number of aldehydes is 1. The lowest BCUT2D eigenvalue weighted by Crippen LogP contribution is -2.38. The first-order valence-electron chi connectivity index (χ1n) is 8.09. The van der Waals surface area contributed by atoms with Gasteiger partial charge in [0, 0.05) is 12.5 Å². The predicted molar refractivity (Wildman–Crippen MR) is 91.6 cm³/mol. The van der Waals surface area contributed by atoms with E-state index in [9.17, 15) is 9.59 Å². The Morgan fingerprint density at radius 3 is 2.96 bits per heavy atom. The molecule has 2 aromatic rings. The number of benzene rings is 1. The van der Waals surface area contributed by atoms with Crippen LogP contribution < -0.4 is 20.7 Å². The van der Waals surface area contributed by atoms with Crippen LogP contribution in [-0.2, 0) is 16.0 Å². The Morgan fingerprint density at radius 2 is 2.23 bits per heavy atom. The highest BCUT2D eigenvalue weighted by Gasteiger charge is 2.33. The van der Waals surface area contributed by atoms with E-state index in [1.165, 1.54) is 0 Å². The van der Waals surface area contributed by atoms with Crippen LogP contribution in [0.5, 0.6) is 5.75 Å². The highest BCUT2D eigenvalue weighted by atomic mass is 16.5. The van der Waals surface area contributed by atoms with Crippen molar-refractivity contribution in [3.8, 4) is 11.4 Å². The SMILES string of the molecule is CCOC(=O)c1ncn2c1CC1=C(C=O)NNN1c1cc(OC)ccc1-2. The number of esters is 1. The molecular formula is C17H17N5O4. The van der Waals surface area contributed by atoms with E-state index in [1.54, 1.807) is 25.4 Å². The minimum atomic E-state index is -0.489. The number of allylic oxidation sites excluding steroid dienone is 2. The summed E-state index contributed by atoms with van der Waals surface area (Å²) in [6.07, 6.45) is 2.64. The summed E-state index contributed by atoms with van der Waals surface area (Å²) in [7, 11) is 1.59. The van der Waals surface area contributed by atoms with Gasteiger partial charge in [0.2, 0.25) is 0 Å². The average Bonchev–Trinajstić information content (AvgIpc) is 3.23. The van der Waals surface area contributed by atoms with Crippen molar-refractivity contribution in [1.29, 1.82) is 0 Å². The molecule has 2 N–H and O–H groups in total. The molecule has 9 heteroatoms. The van der Waals surface area contributed by atoms with Gasteiger partial charge in [-0.25, -0.2) is 9.78 Å². The molecule has 0 bridgehead atoms. The van der Waals surface area contributed by atoms with E-state index in [2.05, 4.69) is 15.9 Å². The molecule has 26 heavy (non-hydrogen) atoms. The molecule has 134 valence electrons. The first-order valence-corrected chi connectivity index (χ1v) is 8.09. The van der Waals surface area contributed by atoms with Gasteiger partial charge in [-0.2, -0.15) is 0 Å². The van der Waals surface area contributed by atoms with Crippen LogP contribution in [0.15, 0.2) is 35.9 Å². The number of aromatic nitrogens is 2. The van der Waals surface area contributed by atoms with Crippen molar-refractivity contribution >= 4 is 17.9 Å². The number of hydrogen-bond acceptors (Lipinski definition) is 8. The molecule has 2 aliphatic heterocycles. The lowest BCUT2D eigenvalue weighted by atomic mass is 10.1. The van der Waals surface area contributed by atoms with Gasteiger partial charge in [0.05, 0.1) is 36.5 Å². The van der Waals surface area contributed by atoms with E-state index in [0.717, 1.165) is 17.7 Å². The van der Waals surface area contributed by atoms with E-state index in [1.807, 2.05) is 22.8 Å². The Balaban J connectivity index is 1.95. The quantitative estimate of drug-likeness (QED) is 0.615. The number of hydrazine groups is 2. The Morgan fingerprint density at radius 1 is 1.38 bits per heavy atom. The summed E-state index contributed by atoms with van der Waals surface area (Å²) in [5.74, 6) is 0.176. The van der Waals surface area contributed by atoms with Crippen LogP contribution in [-0.4, -0.2) is 35.5 Å². The number of carbonyl (C=O) groups excluding carboxylic acids is 2. The summed E-state index contributed by atoms with van der Waals surface area (Å²) in [6.45, 7) is 2.00. The van der Waals surface area contributed by atoms with E-state index in [4.69, 9.17) is 9.47 Å². The second-order valence-corrected chi connectivity index (χ2v) is 5.71. The van der Waals surface area contributed by atoms with Crippen molar-refractivity contribution in [2.45, 2.75) is 13.3 Å². The van der Waals surface area contributed by atoms with Crippen LogP contribution >= 0.6 is 0 Å². The topological polar surface area (TPSA) is 97.7 Å². The molecule has 4 rings (SSSR count). The number of fused-ring (bicyclic) bond motifs is 5. The Hall–Kier alpha value is -3.33. The number of ether oxygens (including phenoxy) is 2. The summed E-state index contributed by atoms with van der Waals surface area (Å²) >= 11 is 0. The molecule has 0 saturated carbocycles. The molecule has 0 amide bonds. The van der Waals surface area contributed by atoms with Crippen molar-refractivity contribution in [3.63, 3.8) is 0 Å². The zero-order valence-corrected chi connectivity index (χ0v) is 14.3. The van der Waals surface area contributed by atoms with Crippen molar-refractivity contribution in [3.05, 3.63) is 47.3 Å². The van der Waals surface area contributed by atoms with Crippen LogP contribution in [0.25, 0.3) is 5.69 Å². The summed E-state index contributed by atoms with van der Waals surface area (Å²) in [6, 6.07) is 5.54. The number of nitrogens with zero attached hydrogens (tertiary/aromatic N) is 3. The molecule has 0 aliphatic carbocycles. The van der Waals surface area contributed by atoms with E-state index in [0.29, 0.717) is 29.3 Å². The Bertz CT molecular complexity index is 933. The molecule has 9 nitrogen and oxygen atoms in total. The van der Waals surface area contributed by atoms with Crippen molar-refractivity contribution in [2.24, 2.45) is 0 Å². The molecule has 0 atom stereocenters. The fraction of sp³-hybridized carbons (Fsp3) is 0.235. The number of hydrogen-bond donors (Lipinski definition) is 2. The lowest BCUT2D eigenvalue weighted by Gasteiger charge is -2.21. The van der Waals surface area contributed by atoms with Gasteiger partial charge in [-0.1, -0.05) is 0 Å². The molecule has 3 heterocycles. The monoisotopic (exact) mass is 355 g/mol. The van der Waals surface area contributed by atoms with Crippen molar-refractivity contribution in [1.82, 2.24) is 20.5 Å². The van der Waals surface area contributed by atoms with Gasteiger partial charge in [0.15, 0.2) is 12.0 Å². The molecule has 1 aromatic heterocycles. The maximum absolute atomic E-state index is 12.3. The van der Waals surface area contributed by atoms with Gasteiger partial charge >= 0.3 is 5.97 Å². The number of methoxy groups -OCH3 is 1. The molecule has 0 spiro atoms. The fourth-order valence-corrected chi connectivity index (χ4v) is 3.15. The number of rotatable bonds is 4. The molecule has 1 aromatic carbocycles. The van der Waals surface area contributed by atoms with Gasteiger partial charge in [-0.15, -0.1) is 5.53 Å². The second kappa shape index (κ2) is 6.19. The maximum atomic E-state index is 12.3. The minimum absolute atomic E-state index is 0.236. The summed E-state index contributed by atoms with van der Waals surface area (Å²) in [5, 5.41) is 1.77. The Kier molecular flexibility index (Phi) is 3.85. The van der Waals surface area contributed by atoms with Gasteiger partial charge in [0.1, 0.15) is 17.8 Å². The molecule has 0 unspecified atom stereocenters. The second-order valence-electron chi connectivity index (χ2n) is 5.71. The van der Waals surface area contributed by atoms with Crippen LogP contribution in [0.2, 0.25) is 0 Å². The first-order chi connectivity index (χ1) is 12.7. The largest absolute Gasteiger partial charge is 0.497 e. The number of imidazole rings is 1. The molecule has 0 fully saturated rings. The fourth-order valence-electron chi connectivity index (χ4n) is 3.15. The molecule has 0 radical (unpaired) electrons. The number of nitrogens with one attached hydrogen (secondary N) is 2. The third-order valence-corrected chi connectivity index (χ3v) is 4.35. The van der Waals surface area contributed by atoms with Crippen LogP contribution in [0.4, 0.5) is 5.69 Å². The predicted octanol–water partition coefficient (Wildman–Crippen LogP) is 0.853. The first kappa shape index (κ1) is 16.2. The maximum Gasteiger partial charge on any atom is 0.358 e. The zero-order valence-electron chi connectivity index (χ0n) is 14.3. The highest BCUT2D eigenvalue weighted by molar-refractivity contribution is 5.90. The van der Waals surface area contributed by atoms with Gasteiger partial charge < -0.3 is 9.47 Å². The summed E-state index contributed by atoms with van der Waals surface area (Å²) < 4.78 is 12.3. The summed E-state index contributed by atoms with van der Waals surface area (Å²) in [4.78, 5) is 28.0. The smallest absolute Gasteiger partial charge is 0.358 e. The third-order valence-electron chi connectivity index (χ3n) is 4.35. The van der Waals surface area contributed by atoms with Crippen LogP contribution in [0, 0.1) is 0 Å². The number of carbonyl (C=O) groups is 2. The van der Waals surface area contributed by atoms with Gasteiger partial charge in [0.25, 0.3) is 0 Å². The van der Waals surface area contributed by atoms with E-state index < -0.39 is 5.97 Å². The van der Waals surface area contributed by atoms with Crippen molar-refractivity contribution < 1.29 is 19.1 Å². The molecule has 0 saturated heterocycles. The average molecular weight is 355 g/mol. The highest BCUT2D eigenvalue weighted by Crippen LogP contribution is 2.37.